The van der Waals surface area contributed by atoms with E-state index >= 15 is 0 Å². The topological polar surface area (TPSA) is 151 Å². The smallest absolute Gasteiger partial charge is 0.416 e. The SMILES string of the molecule is C[C@@H]1CCCCO[C@H](CN(C)C(=O)Nc2ccc3c(c2)OCO3)[C@H](C)CN([C@H](C)CO)C(=O)c2cc(NC(=O)Nc3ccc(C(F)(F)F)cc3)ccc2O1. The summed E-state index contributed by atoms with van der Waals surface area (Å²) in [6, 6.07) is 12.0. The van der Waals surface area contributed by atoms with E-state index in [2.05, 4.69) is 16.0 Å². The van der Waals surface area contributed by atoms with Gasteiger partial charge >= 0.3 is 18.2 Å². The van der Waals surface area contributed by atoms with Crippen LogP contribution >= 0.6 is 0 Å². The Kier molecular flexibility index (Phi) is 13.1. The Hall–Kier alpha value is -5.22. The number of aliphatic hydroxyl groups is 1. The van der Waals surface area contributed by atoms with Crippen molar-refractivity contribution in [1.29, 1.82) is 0 Å². The minimum absolute atomic E-state index is 0.110. The monoisotopic (exact) mass is 757 g/mol. The fourth-order valence-electron chi connectivity index (χ4n) is 6.04. The van der Waals surface area contributed by atoms with Crippen LogP contribution in [0.4, 0.5) is 39.8 Å². The van der Waals surface area contributed by atoms with Crippen molar-refractivity contribution in [2.24, 2.45) is 5.92 Å². The molecule has 13 nitrogen and oxygen atoms in total. The van der Waals surface area contributed by atoms with Crippen LogP contribution in [0.3, 0.4) is 0 Å². The number of nitrogens with one attached hydrogen (secondary N) is 3. The number of benzene rings is 3. The first-order chi connectivity index (χ1) is 25.7. The quantitative estimate of drug-likeness (QED) is 0.201. The van der Waals surface area contributed by atoms with Crippen LogP contribution in [0, 0.1) is 5.92 Å². The van der Waals surface area contributed by atoms with Gasteiger partial charge in [-0.3, -0.25) is 4.79 Å². The highest BCUT2D eigenvalue weighted by Crippen LogP contribution is 2.35. The summed E-state index contributed by atoms with van der Waals surface area (Å²) in [6.45, 7) is 6.03. The maximum absolute atomic E-state index is 14.4. The third kappa shape index (κ3) is 10.5. The summed E-state index contributed by atoms with van der Waals surface area (Å²) < 4.78 is 62.3. The Morgan fingerprint density at radius 3 is 2.28 bits per heavy atom. The van der Waals surface area contributed by atoms with Gasteiger partial charge in [-0.1, -0.05) is 6.92 Å². The van der Waals surface area contributed by atoms with Crippen LogP contribution < -0.4 is 30.2 Å². The predicted octanol–water partition coefficient (Wildman–Crippen LogP) is 7.04. The van der Waals surface area contributed by atoms with Gasteiger partial charge in [0.2, 0.25) is 6.79 Å². The van der Waals surface area contributed by atoms with E-state index in [4.69, 9.17) is 18.9 Å². The van der Waals surface area contributed by atoms with Crippen molar-refractivity contribution in [2.75, 3.05) is 56.1 Å². The van der Waals surface area contributed by atoms with Crippen molar-refractivity contribution < 1.29 is 51.6 Å². The van der Waals surface area contributed by atoms with Crippen LogP contribution in [-0.2, 0) is 10.9 Å². The molecule has 3 aromatic carbocycles. The van der Waals surface area contributed by atoms with Crippen molar-refractivity contribution in [1.82, 2.24) is 9.80 Å². The molecule has 4 N–H and O–H groups in total. The molecule has 4 atom stereocenters. The molecular weight excluding hydrogens is 711 g/mol. The first-order valence-electron chi connectivity index (χ1n) is 17.7. The van der Waals surface area contributed by atoms with Gasteiger partial charge in [0.05, 0.1) is 36.0 Å². The number of urea groups is 2. The summed E-state index contributed by atoms with van der Waals surface area (Å²) in [5, 5.41) is 18.2. The number of carbonyl (C=O) groups is 3. The number of likely N-dealkylation sites (N-methyl/N-ethyl adjacent to an activating group) is 1. The summed E-state index contributed by atoms with van der Waals surface area (Å²) in [5.41, 5.74) is 0.181. The summed E-state index contributed by atoms with van der Waals surface area (Å²) in [7, 11) is 1.65. The Balaban J connectivity index is 1.34. The number of nitrogens with zero attached hydrogens (tertiary/aromatic N) is 2. The number of aliphatic hydroxyl groups excluding tert-OH is 1. The summed E-state index contributed by atoms with van der Waals surface area (Å²) >= 11 is 0. The second-order valence-electron chi connectivity index (χ2n) is 13.5. The molecule has 0 aliphatic carbocycles. The number of fused-ring (bicyclic) bond motifs is 2. The first kappa shape index (κ1) is 40.0. The number of carbonyl (C=O) groups excluding carboxylic acids is 3. The molecule has 0 saturated carbocycles. The molecule has 0 aromatic heterocycles. The van der Waals surface area contributed by atoms with Crippen molar-refractivity contribution >= 4 is 35.0 Å². The van der Waals surface area contributed by atoms with E-state index in [1.807, 2.05) is 13.8 Å². The van der Waals surface area contributed by atoms with Crippen LogP contribution in [0.2, 0.25) is 0 Å². The zero-order valence-electron chi connectivity index (χ0n) is 30.6. The van der Waals surface area contributed by atoms with E-state index in [0.717, 1.165) is 37.1 Å². The summed E-state index contributed by atoms with van der Waals surface area (Å²) in [6.07, 6.45) is -3.14. The van der Waals surface area contributed by atoms with E-state index in [-0.39, 0.29) is 67.2 Å². The summed E-state index contributed by atoms with van der Waals surface area (Å²) in [4.78, 5) is 43.5. The van der Waals surface area contributed by atoms with Gasteiger partial charge in [-0.15, -0.1) is 0 Å². The molecule has 16 heteroatoms. The van der Waals surface area contributed by atoms with E-state index in [1.54, 1.807) is 44.3 Å². The molecule has 2 aliphatic heterocycles. The maximum Gasteiger partial charge on any atom is 0.416 e. The zero-order valence-corrected chi connectivity index (χ0v) is 30.6. The average Bonchev–Trinajstić information content (AvgIpc) is 3.60. The molecule has 54 heavy (non-hydrogen) atoms. The van der Waals surface area contributed by atoms with Gasteiger partial charge in [-0.05, 0) is 87.7 Å². The maximum atomic E-state index is 14.4. The van der Waals surface area contributed by atoms with Crippen LogP contribution in [0.5, 0.6) is 17.2 Å². The van der Waals surface area contributed by atoms with Gasteiger partial charge in [-0.2, -0.15) is 13.2 Å². The minimum Gasteiger partial charge on any atom is -0.490 e. The molecule has 0 spiro atoms. The third-order valence-corrected chi connectivity index (χ3v) is 9.20. The minimum atomic E-state index is -4.52. The van der Waals surface area contributed by atoms with Crippen molar-refractivity contribution in [3.05, 3.63) is 71.8 Å². The van der Waals surface area contributed by atoms with Crippen molar-refractivity contribution in [3.8, 4) is 17.2 Å². The Bertz CT molecular complexity index is 1780. The Morgan fingerprint density at radius 1 is 0.926 bits per heavy atom. The van der Waals surface area contributed by atoms with E-state index in [0.29, 0.717) is 30.2 Å². The van der Waals surface area contributed by atoms with Gasteiger partial charge in [0, 0.05) is 55.8 Å². The molecule has 0 unspecified atom stereocenters. The van der Waals surface area contributed by atoms with Gasteiger partial charge in [-0.25, -0.2) is 9.59 Å². The lowest BCUT2D eigenvalue weighted by atomic mass is 10.0. The lowest BCUT2D eigenvalue weighted by Crippen LogP contribution is -2.48. The normalized spacial score (nSPS) is 19.8. The first-order valence-corrected chi connectivity index (χ1v) is 17.7. The van der Waals surface area contributed by atoms with Gasteiger partial charge in [0.25, 0.3) is 5.91 Å². The second-order valence-corrected chi connectivity index (χ2v) is 13.5. The lowest BCUT2D eigenvalue weighted by molar-refractivity contribution is -0.137. The van der Waals surface area contributed by atoms with Crippen LogP contribution in [-0.4, -0.2) is 91.3 Å². The summed E-state index contributed by atoms with van der Waals surface area (Å²) in [5.74, 6) is 0.631. The van der Waals surface area contributed by atoms with Crippen LogP contribution in [0.25, 0.3) is 0 Å². The number of rotatable bonds is 7. The molecule has 3 aromatic rings. The molecule has 0 saturated heterocycles. The zero-order chi connectivity index (χ0) is 39.0. The molecule has 292 valence electrons. The molecule has 2 heterocycles. The van der Waals surface area contributed by atoms with Gasteiger partial charge in [0.1, 0.15) is 5.75 Å². The highest BCUT2D eigenvalue weighted by molar-refractivity contribution is 6.02. The van der Waals surface area contributed by atoms with Crippen molar-refractivity contribution in [2.45, 2.75) is 64.5 Å². The lowest BCUT2D eigenvalue weighted by Gasteiger charge is -2.35. The highest BCUT2D eigenvalue weighted by atomic mass is 19.4. The highest BCUT2D eigenvalue weighted by Gasteiger charge is 2.32. The van der Waals surface area contributed by atoms with Gasteiger partial charge < -0.3 is 49.8 Å². The van der Waals surface area contributed by atoms with E-state index in [1.165, 1.54) is 15.9 Å². The Morgan fingerprint density at radius 2 is 1.57 bits per heavy atom. The number of alkyl halides is 3. The largest absolute Gasteiger partial charge is 0.490 e. The fraction of sp³-hybridized carbons (Fsp3) is 0.447. The molecule has 5 amide bonds. The molecule has 2 aliphatic rings. The standard InChI is InChI=1S/C38H46F3N5O8/c1-23-19-46(24(2)21-47)35(48)30-17-28(43-36(49)42-27-10-8-26(9-11-27)38(39,40)41)12-14-31(30)54-25(3)7-5-6-16-51-34(23)20-45(4)37(50)44-29-13-15-32-33(18-29)53-22-52-32/h8-15,17-18,23-25,34,47H,5-7,16,19-22H2,1-4H3,(H,44,50)(H2,42,43,49)/t23-,24-,25-,34-/m1/s1. The van der Waals surface area contributed by atoms with E-state index in [9.17, 15) is 32.7 Å². The molecule has 5 rings (SSSR count). The number of ether oxygens (including phenoxy) is 4. The molecular formula is C38H46F3N5O8. The predicted molar refractivity (Wildman–Crippen MR) is 195 cm³/mol. The third-order valence-electron chi connectivity index (χ3n) is 9.20. The number of halogens is 3. The number of hydrogen-bond donors (Lipinski definition) is 4. The van der Waals surface area contributed by atoms with Crippen LogP contribution in [0.1, 0.15) is 56.0 Å². The second kappa shape index (κ2) is 17.7. The molecule has 0 radical (unpaired) electrons. The van der Waals surface area contributed by atoms with Crippen LogP contribution in [0.15, 0.2) is 60.7 Å². The number of anilines is 3. The fourth-order valence-corrected chi connectivity index (χ4v) is 6.04. The van der Waals surface area contributed by atoms with Crippen molar-refractivity contribution in [3.63, 3.8) is 0 Å². The number of hydrogen-bond acceptors (Lipinski definition) is 8. The van der Waals surface area contributed by atoms with E-state index < -0.39 is 35.8 Å². The molecule has 0 bridgehead atoms. The van der Waals surface area contributed by atoms with Gasteiger partial charge in [0.15, 0.2) is 11.5 Å². The Labute approximate surface area is 311 Å². The number of amides is 5. The molecule has 0 fully saturated rings. The average molecular weight is 758 g/mol.